The molecule has 106 valence electrons. The molecule has 1 N–H and O–H groups in total. The molecule has 1 fully saturated rings. The monoisotopic (exact) mass is 262 g/mol. The van der Waals surface area contributed by atoms with Crippen molar-refractivity contribution in [1.29, 1.82) is 0 Å². The fourth-order valence-electron chi connectivity index (χ4n) is 2.68. The molecule has 2 rings (SSSR count). The zero-order valence-corrected chi connectivity index (χ0v) is 12.0. The molecule has 19 heavy (non-hydrogen) atoms. The van der Waals surface area contributed by atoms with Gasteiger partial charge in [-0.15, -0.1) is 0 Å². The van der Waals surface area contributed by atoms with E-state index in [0.717, 1.165) is 24.9 Å². The quantitative estimate of drug-likeness (QED) is 0.851. The summed E-state index contributed by atoms with van der Waals surface area (Å²) in [5.74, 6) is 0. The first-order chi connectivity index (χ1) is 9.29. The summed E-state index contributed by atoms with van der Waals surface area (Å²) in [4.78, 5) is 5.01. The number of aliphatic hydroxyl groups is 1. The molecule has 1 heterocycles. The van der Waals surface area contributed by atoms with Crippen LogP contribution in [0.3, 0.4) is 0 Å². The lowest BCUT2D eigenvalue weighted by atomic mass is 10.0. The summed E-state index contributed by atoms with van der Waals surface area (Å²) in [5, 5.41) is 10.1. The molecule has 3 heteroatoms. The van der Waals surface area contributed by atoms with Gasteiger partial charge in [0.2, 0.25) is 0 Å². The van der Waals surface area contributed by atoms with Crippen molar-refractivity contribution in [2.75, 3.05) is 39.3 Å². The second kappa shape index (κ2) is 7.63. The van der Waals surface area contributed by atoms with Gasteiger partial charge < -0.3 is 14.9 Å². The van der Waals surface area contributed by atoms with Crippen molar-refractivity contribution in [3.63, 3.8) is 0 Å². The van der Waals surface area contributed by atoms with Crippen LogP contribution in [0.1, 0.15) is 31.4 Å². The van der Waals surface area contributed by atoms with E-state index in [1.807, 2.05) is 30.3 Å². The number of benzene rings is 1. The third kappa shape index (κ3) is 4.60. The summed E-state index contributed by atoms with van der Waals surface area (Å²) in [6, 6.07) is 9.98. The van der Waals surface area contributed by atoms with E-state index in [1.165, 1.54) is 32.7 Å². The fraction of sp³-hybridized carbons (Fsp3) is 0.625. The molecule has 1 saturated heterocycles. The number of hydrogen-bond acceptors (Lipinski definition) is 3. The lowest BCUT2D eigenvalue weighted by molar-refractivity contribution is 0.121. The molecule has 1 aliphatic rings. The predicted molar refractivity (Wildman–Crippen MR) is 79.2 cm³/mol. The summed E-state index contributed by atoms with van der Waals surface area (Å²) in [6.07, 6.45) is 1.62. The Balaban J connectivity index is 1.64. The maximum atomic E-state index is 10.1. The van der Waals surface area contributed by atoms with Crippen LogP contribution in [0.15, 0.2) is 30.3 Å². The minimum atomic E-state index is -0.307. The van der Waals surface area contributed by atoms with Gasteiger partial charge in [0.25, 0.3) is 0 Å². The van der Waals surface area contributed by atoms with Crippen LogP contribution in [0.25, 0.3) is 0 Å². The molecule has 1 unspecified atom stereocenters. The van der Waals surface area contributed by atoms with E-state index >= 15 is 0 Å². The van der Waals surface area contributed by atoms with Crippen LogP contribution in [0.5, 0.6) is 0 Å². The smallest absolute Gasteiger partial charge is 0.0790 e. The molecule has 0 radical (unpaired) electrons. The Labute approximate surface area is 116 Å². The van der Waals surface area contributed by atoms with Crippen molar-refractivity contribution in [3.05, 3.63) is 35.9 Å². The molecular formula is C16H26N2O. The maximum absolute atomic E-state index is 10.1. The Morgan fingerprint density at radius 3 is 2.32 bits per heavy atom. The van der Waals surface area contributed by atoms with Gasteiger partial charge in [0, 0.05) is 26.2 Å². The normalized spacial score (nSPS) is 19.5. The largest absolute Gasteiger partial charge is 0.388 e. The number of hydrogen-bond donors (Lipinski definition) is 1. The zero-order valence-electron chi connectivity index (χ0n) is 12.0. The van der Waals surface area contributed by atoms with Crippen molar-refractivity contribution in [1.82, 2.24) is 9.80 Å². The summed E-state index contributed by atoms with van der Waals surface area (Å²) >= 11 is 0. The molecule has 1 aromatic rings. The van der Waals surface area contributed by atoms with E-state index < -0.39 is 0 Å². The van der Waals surface area contributed by atoms with Crippen LogP contribution in [-0.4, -0.2) is 54.2 Å². The number of aliphatic hydroxyl groups excluding tert-OH is 1. The van der Waals surface area contributed by atoms with Gasteiger partial charge in [-0.3, -0.25) is 0 Å². The highest BCUT2D eigenvalue weighted by molar-refractivity contribution is 5.16. The molecule has 1 atom stereocenters. The Bertz CT molecular complexity index is 347. The molecule has 0 saturated carbocycles. The Morgan fingerprint density at radius 2 is 1.68 bits per heavy atom. The van der Waals surface area contributed by atoms with E-state index in [2.05, 4.69) is 16.7 Å². The molecule has 0 aromatic heterocycles. The molecule has 1 aliphatic heterocycles. The van der Waals surface area contributed by atoms with E-state index in [9.17, 15) is 5.11 Å². The highest BCUT2D eigenvalue weighted by Gasteiger charge is 2.15. The lowest BCUT2D eigenvalue weighted by Crippen LogP contribution is -2.46. The van der Waals surface area contributed by atoms with Crippen LogP contribution in [0, 0.1) is 0 Å². The second-order valence-corrected chi connectivity index (χ2v) is 5.34. The average Bonchev–Trinajstić information content (AvgIpc) is 2.49. The first kappa shape index (κ1) is 14.5. The molecule has 0 aliphatic carbocycles. The summed E-state index contributed by atoms with van der Waals surface area (Å²) in [5.41, 5.74) is 1.04. The van der Waals surface area contributed by atoms with Crippen molar-refractivity contribution >= 4 is 0 Å². The third-order valence-corrected chi connectivity index (χ3v) is 4.05. The predicted octanol–water partition coefficient (Wildman–Crippen LogP) is 2.14. The maximum Gasteiger partial charge on any atom is 0.0790 e. The summed E-state index contributed by atoms with van der Waals surface area (Å²) < 4.78 is 0. The number of rotatable bonds is 6. The standard InChI is InChI=1S/C16H26N2O/c1-2-17-11-13-18(14-12-17)10-6-9-16(19)15-7-4-3-5-8-15/h3-5,7-8,16,19H,2,6,9-14H2,1H3. The van der Waals surface area contributed by atoms with Crippen LogP contribution in [0.2, 0.25) is 0 Å². The van der Waals surface area contributed by atoms with Crippen molar-refractivity contribution < 1.29 is 5.11 Å². The van der Waals surface area contributed by atoms with Gasteiger partial charge in [0.1, 0.15) is 0 Å². The van der Waals surface area contributed by atoms with Crippen LogP contribution in [0.4, 0.5) is 0 Å². The van der Waals surface area contributed by atoms with Gasteiger partial charge in [-0.1, -0.05) is 37.3 Å². The van der Waals surface area contributed by atoms with Gasteiger partial charge in [0.15, 0.2) is 0 Å². The summed E-state index contributed by atoms with van der Waals surface area (Å²) in [6.45, 7) is 9.24. The van der Waals surface area contributed by atoms with Crippen molar-refractivity contribution in [2.45, 2.75) is 25.9 Å². The van der Waals surface area contributed by atoms with E-state index in [4.69, 9.17) is 0 Å². The zero-order chi connectivity index (χ0) is 13.5. The van der Waals surface area contributed by atoms with E-state index in [0.29, 0.717) is 0 Å². The molecule has 1 aromatic carbocycles. The van der Waals surface area contributed by atoms with Crippen LogP contribution >= 0.6 is 0 Å². The van der Waals surface area contributed by atoms with Gasteiger partial charge in [-0.2, -0.15) is 0 Å². The van der Waals surface area contributed by atoms with Gasteiger partial charge in [-0.25, -0.2) is 0 Å². The number of piperazine rings is 1. The molecule has 0 bridgehead atoms. The lowest BCUT2D eigenvalue weighted by Gasteiger charge is -2.34. The number of nitrogens with zero attached hydrogens (tertiary/aromatic N) is 2. The minimum absolute atomic E-state index is 0.307. The summed E-state index contributed by atoms with van der Waals surface area (Å²) in [7, 11) is 0. The fourth-order valence-corrected chi connectivity index (χ4v) is 2.68. The van der Waals surface area contributed by atoms with E-state index in [1.54, 1.807) is 0 Å². The topological polar surface area (TPSA) is 26.7 Å². The minimum Gasteiger partial charge on any atom is -0.388 e. The van der Waals surface area contributed by atoms with Gasteiger partial charge in [0.05, 0.1) is 6.10 Å². The first-order valence-corrected chi connectivity index (χ1v) is 7.47. The van der Waals surface area contributed by atoms with Crippen LogP contribution in [-0.2, 0) is 0 Å². The molecular weight excluding hydrogens is 236 g/mol. The molecule has 3 nitrogen and oxygen atoms in total. The van der Waals surface area contributed by atoms with Crippen molar-refractivity contribution in [2.24, 2.45) is 0 Å². The molecule has 0 spiro atoms. The number of likely N-dealkylation sites (N-methyl/N-ethyl adjacent to an activating group) is 1. The average molecular weight is 262 g/mol. The molecule has 0 amide bonds. The SMILES string of the molecule is CCN1CCN(CCCC(O)c2ccccc2)CC1. The second-order valence-electron chi connectivity index (χ2n) is 5.34. The Hall–Kier alpha value is -0.900. The Morgan fingerprint density at radius 1 is 1.05 bits per heavy atom. The van der Waals surface area contributed by atoms with Crippen molar-refractivity contribution in [3.8, 4) is 0 Å². The van der Waals surface area contributed by atoms with Gasteiger partial charge >= 0.3 is 0 Å². The van der Waals surface area contributed by atoms with E-state index in [-0.39, 0.29) is 6.10 Å². The first-order valence-electron chi connectivity index (χ1n) is 7.47. The van der Waals surface area contributed by atoms with Crippen LogP contribution < -0.4 is 0 Å². The highest BCUT2D eigenvalue weighted by Crippen LogP contribution is 2.18. The third-order valence-electron chi connectivity index (χ3n) is 4.05. The Kier molecular flexibility index (Phi) is 5.83. The highest BCUT2D eigenvalue weighted by atomic mass is 16.3. The van der Waals surface area contributed by atoms with Gasteiger partial charge in [-0.05, 0) is 31.5 Å².